The highest BCUT2D eigenvalue weighted by Crippen LogP contribution is 2.28. The second-order valence-electron chi connectivity index (χ2n) is 7.26. The van der Waals surface area contributed by atoms with E-state index in [9.17, 15) is 18.0 Å². The van der Waals surface area contributed by atoms with E-state index in [0.717, 1.165) is 15.3 Å². The van der Waals surface area contributed by atoms with E-state index in [1.54, 1.807) is 33.1 Å². The van der Waals surface area contributed by atoms with Crippen LogP contribution < -0.4 is 9.47 Å². The molecule has 0 amide bonds. The molecule has 32 heavy (non-hydrogen) atoms. The van der Waals surface area contributed by atoms with E-state index in [4.69, 9.17) is 9.47 Å². The molecular formula is C22H19F3N4O3. The minimum Gasteiger partial charge on any atom is -0.497 e. The van der Waals surface area contributed by atoms with Crippen LogP contribution in [0.5, 0.6) is 11.5 Å². The summed E-state index contributed by atoms with van der Waals surface area (Å²) in [5.41, 5.74) is 1.55. The molecule has 2 aromatic heterocycles. The second-order valence-corrected chi connectivity index (χ2v) is 7.26. The number of hydrogen-bond donors (Lipinski definition) is 0. The molecule has 0 aliphatic carbocycles. The van der Waals surface area contributed by atoms with Gasteiger partial charge in [0.15, 0.2) is 0 Å². The van der Waals surface area contributed by atoms with Gasteiger partial charge >= 0.3 is 12.1 Å². The maximum Gasteiger partial charge on any atom is 0.453 e. The molecule has 10 heteroatoms. The lowest BCUT2D eigenvalue weighted by Crippen LogP contribution is -2.12. The van der Waals surface area contributed by atoms with E-state index in [1.807, 2.05) is 24.3 Å². The first-order valence-corrected chi connectivity index (χ1v) is 9.74. The molecule has 2 heterocycles. The van der Waals surface area contributed by atoms with Gasteiger partial charge in [0.2, 0.25) is 0 Å². The van der Waals surface area contributed by atoms with E-state index in [-0.39, 0.29) is 18.6 Å². The van der Waals surface area contributed by atoms with E-state index < -0.39 is 18.0 Å². The third kappa shape index (κ3) is 4.20. The molecule has 0 saturated heterocycles. The molecule has 0 bridgehead atoms. The lowest BCUT2D eigenvalue weighted by molar-refractivity contribution is -0.144. The Morgan fingerprint density at radius 1 is 1.03 bits per heavy atom. The second kappa shape index (κ2) is 8.10. The van der Waals surface area contributed by atoms with E-state index in [2.05, 4.69) is 15.1 Å². The molecule has 4 aromatic rings. The van der Waals surface area contributed by atoms with E-state index in [0.29, 0.717) is 28.5 Å². The van der Waals surface area contributed by atoms with Crippen molar-refractivity contribution >= 4 is 22.5 Å². The number of carbonyl (C=O) groups excluding carboxylic acids is 1. The fraction of sp³-hybridized carbons (Fsp3) is 0.273. The average molecular weight is 444 g/mol. The van der Waals surface area contributed by atoms with Gasteiger partial charge in [0, 0.05) is 11.4 Å². The number of methoxy groups -OCH3 is 1. The number of fused-ring (bicyclic) bond motifs is 2. The molecule has 0 atom stereocenters. The van der Waals surface area contributed by atoms with Crippen LogP contribution in [0.3, 0.4) is 0 Å². The minimum absolute atomic E-state index is 0.0197. The van der Waals surface area contributed by atoms with Crippen LogP contribution in [0.15, 0.2) is 36.4 Å². The highest BCUT2D eigenvalue weighted by molar-refractivity contribution is 5.86. The Morgan fingerprint density at radius 2 is 1.72 bits per heavy atom. The molecule has 0 N–H and O–H groups in total. The first-order chi connectivity index (χ1) is 15.2. The highest BCUT2D eigenvalue weighted by atomic mass is 19.4. The van der Waals surface area contributed by atoms with Crippen molar-refractivity contribution in [3.8, 4) is 11.5 Å². The molecule has 7 nitrogen and oxygen atoms in total. The summed E-state index contributed by atoms with van der Waals surface area (Å²) in [6, 6.07) is 10.9. The Balaban J connectivity index is 1.50. The lowest BCUT2D eigenvalue weighted by Gasteiger charge is -2.10. The van der Waals surface area contributed by atoms with Crippen LogP contribution >= 0.6 is 0 Å². The van der Waals surface area contributed by atoms with Gasteiger partial charge in [-0.25, -0.2) is 9.50 Å². The summed E-state index contributed by atoms with van der Waals surface area (Å²) in [6.07, 6.45) is -4.41. The Hall–Kier alpha value is -3.69. The number of halogens is 3. The van der Waals surface area contributed by atoms with Gasteiger partial charge in [0.1, 0.15) is 11.5 Å². The zero-order chi connectivity index (χ0) is 23.0. The summed E-state index contributed by atoms with van der Waals surface area (Å²) in [5, 5.41) is 5.35. The molecular weight excluding hydrogens is 425 g/mol. The first kappa shape index (κ1) is 21.5. The smallest absolute Gasteiger partial charge is 0.453 e. The van der Waals surface area contributed by atoms with E-state index >= 15 is 0 Å². The van der Waals surface area contributed by atoms with Crippen LogP contribution in [-0.4, -0.2) is 32.7 Å². The Labute approximate surface area is 180 Å². The number of nitrogens with zero attached hydrogens (tertiary/aromatic N) is 4. The Kier molecular flexibility index (Phi) is 5.45. The maximum absolute atomic E-state index is 12.9. The number of benzene rings is 2. The van der Waals surface area contributed by atoms with Gasteiger partial charge in [-0.3, -0.25) is 4.79 Å². The Morgan fingerprint density at radius 3 is 2.41 bits per heavy atom. The normalized spacial score (nSPS) is 11.8. The van der Waals surface area contributed by atoms with Gasteiger partial charge in [-0.15, -0.1) is 5.10 Å². The fourth-order valence-corrected chi connectivity index (χ4v) is 3.49. The molecule has 0 radical (unpaired) electrons. The summed E-state index contributed by atoms with van der Waals surface area (Å²) < 4.78 is 50.5. The van der Waals surface area contributed by atoms with Gasteiger partial charge in [-0.1, -0.05) is 12.1 Å². The molecule has 0 aliphatic heterocycles. The van der Waals surface area contributed by atoms with Crippen LogP contribution in [0.2, 0.25) is 0 Å². The van der Waals surface area contributed by atoms with Crippen LogP contribution in [0, 0.1) is 13.8 Å². The number of aromatic nitrogens is 4. The topological polar surface area (TPSA) is 78.6 Å². The minimum atomic E-state index is -4.66. The number of ether oxygens (including phenoxy) is 2. The monoisotopic (exact) mass is 444 g/mol. The van der Waals surface area contributed by atoms with E-state index in [1.165, 1.54) is 0 Å². The van der Waals surface area contributed by atoms with Gasteiger partial charge < -0.3 is 9.47 Å². The van der Waals surface area contributed by atoms with Crippen molar-refractivity contribution in [2.24, 2.45) is 0 Å². The summed E-state index contributed by atoms with van der Waals surface area (Å²) in [5.74, 6) is -0.775. The van der Waals surface area contributed by atoms with Gasteiger partial charge in [0.25, 0.3) is 11.6 Å². The summed E-state index contributed by atoms with van der Waals surface area (Å²) >= 11 is 0. The maximum atomic E-state index is 12.9. The number of carbonyl (C=O) groups is 1. The zero-order valence-electron chi connectivity index (χ0n) is 17.5. The number of aryl methyl sites for hydroxylation is 2. The molecule has 0 aliphatic rings. The Bertz CT molecular complexity index is 1330. The average Bonchev–Trinajstić information content (AvgIpc) is 3.17. The lowest BCUT2D eigenvalue weighted by atomic mass is 10.1. The quantitative estimate of drug-likeness (QED) is 0.334. The molecule has 0 saturated carbocycles. The number of esters is 1. The summed E-state index contributed by atoms with van der Waals surface area (Å²) in [4.78, 5) is 20.0. The molecule has 166 valence electrons. The SMILES string of the molecule is COc1ccc2ccc(OC(=O)CCc3c(C)nc4nc(C(F)(F)F)nn4c3C)cc2c1. The van der Waals surface area contributed by atoms with Crippen molar-refractivity contribution in [3.63, 3.8) is 0 Å². The van der Waals surface area contributed by atoms with Crippen molar-refractivity contribution in [2.45, 2.75) is 32.9 Å². The molecule has 4 rings (SSSR count). The molecule has 0 fully saturated rings. The highest BCUT2D eigenvalue weighted by Gasteiger charge is 2.37. The first-order valence-electron chi connectivity index (χ1n) is 9.74. The zero-order valence-corrected chi connectivity index (χ0v) is 17.5. The van der Waals surface area contributed by atoms with Crippen LogP contribution in [0.25, 0.3) is 16.6 Å². The number of rotatable bonds is 5. The van der Waals surface area contributed by atoms with Crippen molar-refractivity contribution in [3.05, 3.63) is 59.2 Å². The standard InChI is InChI=1S/C22H19F3N4O3/c1-12-18(13(2)29-21(26-12)27-20(28-29)22(23,24)25)8-9-19(30)32-17-7-5-14-4-6-16(31-3)10-15(14)11-17/h4-7,10-11H,8-9H2,1-3H3. The molecule has 2 aromatic carbocycles. The molecule has 0 unspecified atom stereocenters. The predicted octanol–water partition coefficient (Wildman–Crippen LogP) is 4.46. The molecule has 0 spiro atoms. The van der Waals surface area contributed by atoms with Crippen LogP contribution in [0.4, 0.5) is 13.2 Å². The van der Waals surface area contributed by atoms with Gasteiger partial charge in [-0.05, 0) is 60.9 Å². The van der Waals surface area contributed by atoms with Crippen molar-refractivity contribution < 1.29 is 27.4 Å². The van der Waals surface area contributed by atoms with Gasteiger partial charge in [-0.2, -0.15) is 18.2 Å². The van der Waals surface area contributed by atoms with Crippen LogP contribution in [0.1, 0.15) is 29.2 Å². The van der Waals surface area contributed by atoms with Crippen molar-refractivity contribution in [1.29, 1.82) is 0 Å². The van der Waals surface area contributed by atoms with Crippen LogP contribution in [-0.2, 0) is 17.4 Å². The third-order valence-corrected chi connectivity index (χ3v) is 5.13. The predicted molar refractivity (Wildman–Crippen MR) is 110 cm³/mol. The summed E-state index contributed by atoms with van der Waals surface area (Å²) in [6.45, 7) is 3.28. The number of hydrogen-bond acceptors (Lipinski definition) is 6. The fourth-order valence-electron chi connectivity index (χ4n) is 3.49. The summed E-state index contributed by atoms with van der Waals surface area (Å²) in [7, 11) is 1.57. The van der Waals surface area contributed by atoms with Crippen molar-refractivity contribution in [2.75, 3.05) is 7.11 Å². The number of alkyl halides is 3. The largest absolute Gasteiger partial charge is 0.497 e. The van der Waals surface area contributed by atoms with Crippen molar-refractivity contribution in [1.82, 2.24) is 19.6 Å². The third-order valence-electron chi connectivity index (χ3n) is 5.13. The van der Waals surface area contributed by atoms with Gasteiger partial charge in [0.05, 0.1) is 13.5 Å².